The predicted molar refractivity (Wildman–Crippen MR) is 74.9 cm³/mol. The van der Waals surface area contributed by atoms with Crippen LogP contribution in [0.25, 0.3) is 0 Å². The van der Waals surface area contributed by atoms with E-state index in [1.807, 2.05) is 20.8 Å². The van der Waals surface area contributed by atoms with E-state index in [1.165, 1.54) is 12.2 Å². The molecule has 20 heavy (non-hydrogen) atoms. The van der Waals surface area contributed by atoms with Gasteiger partial charge < -0.3 is 9.64 Å². The van der Waals surface area contributed by atoms with Gasteiger partial charge in [0.25, 0.3) is 0 Å². The second-order valence-corrected chi connectivity index (χ2v) is 6.11. The van der Waals surface area contributed by atoms with Crippen LogP contribution < -0.4 is 0 Å². The molecular formula is C14H26N2O4. The molecule has 0 radical (unpaired) electrons. The molecule has 0 spiro atoms. The molecule has 1 rings (SSSR count). The van der Waals surface area contributed by atoms with Gasteiger partial charge in [0.05, 0.1) is 7.11 Å². The second kappa shape index (κ2) is 6.92. The number of likely N-dealkylation sites (tertiary alicyclic amines) is 1. The standard InChI is InChI=1S/C14H26N2O4/c1-14(2,3)20-13(18)16-9-6-7-11(8-10-16)12(17)15(4)19-5/h11H,6-10H2,1-5H3/t11-/m0/s1. The highest BCUT2D eigenvalue weighted by Crippen LogP contribution is 2.21. The Kier molecular flexibility index (Phi) is 5.80. The third-order valence-electron chi connectivity index (χ3n) is 3.31. The summed E-state index contributed by atoms with van der Waals surface area (Å²) in [6, 6.07) is 0. The Hall–Kier alpha value is -1.30. The molecule has 0 aromatic carbocycles. The fourth-order valence-corrected chi connectivity index (χ4v) is 2.20. The lowest BCUT2D eigenvalue weighted by molar-refractivity contribution is -0.173. The number of rotatable bonds is 2. The van der Waals surface area contributed by atoms with Crippen molar-refractivity contribution in [3.63, 3.8) is 0 Å². The highest BCUT2D eigenvalue weighted by molar-refractivity contribution is 5.77. The molecule has 0 bridgehead atoms. The number of carbonyl (C=O) groups excluding carboxylic acids is 2. The van der Waals surface area contributed by atoms with Gasteiger partial charge in [0.2, 0.25) is 5.91 Å². The van der Waals surface area contributed by atoms with Gasteiger partial charge in [0, 0.05) is 26.1 Å². The number of amides is 2. The number of carbonyl (C=O) groups is 2. The average Bonchev–Trinajstić information content (AvgIpc) is 2.60. The molecule has 2 amide bonds. The van der Waals surface area contributed by atoms with E-state index in [2.05, 4.69) is 0 Å². The van der Waals surface area contributed by atoms with Gasteiger partial charge in [0.1, 0.15) is 5.60 Å². The Morgan fingerprint density at radius 1 is 1.20 bits per heavy atom. The lowest BCUT2D eigenvalue weighted by atomic mass is 10.00. The van der Waals surface area contributed by atoms with Gasteiger partial charge in [-0.1, -0.05) is 0 Å². The number of hydroxylamine groups is 2. The van der Waals surface area contributed by atoms with Gasteiger partial charge in [-0.05, 0) is 40.0 Å². The molecule has 6 heteroatoms. The minimum absolute atomic E-state index is 0.0291. The normalized spacial score (nSPS) is 20.2. The first-order chi connectivity index (χ1) is 9.24. The number of ether oxygens (including phenoxy) is 1. The lowest BCUT2D eigenvalue weighted by Crippen LogP contribution is -2.38. The van der Waals surface area contributed by atoms with Crippen molar-refractivity contribution >= 4 is 12.0 Å². The molecule has 1 saturated heterocycles. The van der Waals surface area contributed by atoms with Crippen LogP contribution in [0.2, 0.25) is 0 Å². The van der Waals surface area contributed by atoms with Crippen LogP contribution in [0.15, 0.2) is 0 Å². The molecule has 0 aliphatic carbocycles. The lowest BCUT2D eigenvalue weighted by Gasteiger charge is -2.26. The maximum Gasteiger partial charge on any atom is 0.410 e. The molecule has 0 N–H and O–H groups in total. The molecule has 0 unspecified atom stereocenters. The van der Waals surface area contributed by atoms with Crippen LogP contribution in [0.1, 0.15) is 40.0 Å². The van der Waals surface area contributed by atoms with Gasteiger partial charge >= 0.3 is 6.09 Å². The Bertz CT molecular complexity index is 352. The van der Waals surface area contributed by atoms with Crippen molar-refractivity contribution in [1.82, 2.24) is 9.96 Å². The summed E-state index contributed by atoms with van der Waals surface area (Å²) in [5.74, 6) is -0.120. The summed E-state index contributed by atoms with van der Waals surface area (Å²) in [6.07, 6.45) is 1.91. The van der Waals surface area contributed by atoms with Crippen molar-refractivity contribution in [3.8, 4) is 0 Å². The summed E-state index contributed by atoms with van der Waals surface area (Å²) in [4.78, 5) is 30.7. The second-order valence-electron chi connectivity index (χ2n) is 6.11. The molecule has 0 aromatic heterocycles. The van der Waals surface area contributed by atoms with Gasteiger partial charge in [0.15, 0.2) is 0 Å². The molecular weight excluding hydrogens is 260 g/mol. The zero-order chi connectivity index (χ0) is 15.3. The van der Waals surface area contributed by atoms with E-state index in [0.29, 0.717) is 19.5 Å². The third-order valence-corrected chi connectivity index (χ3v) is 3.31. The van der Waals surface area contributed by atoms with Crippen molar-refractivity contribution in [1.29, 1.82) is 0 Å². The first kappa shape index (κ1) is 16.8. The third kappa shape index (κ3) is 5.00. The Labute approximate surface area is 121 Å². The summed E-state index contributed by atoms with van der Waals surface area (Å²) in [6.45, 7) is 6.73. The average molecular weight is 286 g/mol. The summed E-state index contributed by atoms with van der Waals surface area (Å²) in [5.41, 5.74) is -0.491. The summed E-state index contributed by atoms with van der Waals surface area (Å²) >= 11 is 0. The van der Waals surface area contributed by atoms with Crippen LogP contribution in [0.5, 0.6) is 0 Å². The summed E-state index contributed by atoms with van der Waals surface area (Å²) in [7, 11) is 3.08. The molecule has 116 valence electrons. The van der Waals surface area contributed by atoms with E-state index in [0.717, 1.165) is 12.8 Å². The molecule has 1 aliphatic rings. The van der Waals surface area contributed by atoms with Crippen molar-refractivity contribution in [2.24, 2.45) is 5.92 Å². The van der Waals surface area contributed by atoms with E-state index >= 15 is 0 Å². The molecule has 0 saturated carbocycles. The van der Waals surface area contributed by atoms with Crippen molar-refractivity contribution in [2.45, 2.75) is 45.6 Å². The van der Waals surface area contributed by atoms with E-state index in [-0.39, 0.29) is 17.9 Å². The summed E-state index contributed by atoms with van der Waals surface area (Å²) in [5, 5.41) is 1.26. The number of hydrogen-bond acceptors (Lipinski definition) is 4. The van der Waals surface area contributed by atoms with Gasteiger partial charge in [-0.3, -0.25) is 9.63 Å². The highest BCUT2D eigenvalue weighted by Gasteiger charge is 2.29. The molecule has 0 aromatic rings. The van der Waals surface area contributed by atoms with E-state index in [4.69, 9.17) is 9.57 Å². The maximum atomic E-state index is 12.1. The van der Waals surface area contributed by atoms with Gasteiger partial charge in [-0.2, -0.15) is 0 Å². The molecule has 1 heterocycles. The van der Waals surface area contributed by atoms with E-state index < -0.39 is 5.60 Å². The highest BCUT2D eigenvalue weighted by atomic mass is 16.7. The Balaban J connectivity index is 2.55. The topological polar surface area (TPSA) is 59.1 Å². The van der Waals surface area contributed by atoms with Crippen LogP contribution >= 0.6 is 0 Å². The zero-order valence-electron chi connectivity index (χ0n) is 13.1. The van der Waals surface area contributed by atoms with Gasteiger partial charge in [-0.15, -0.1) is 0 Å². The van der Waals surface area contributed by atoms with Crippen molar-refractivity contribution in [2.75, 3.05) is 27.2 Å². The van der Waals surface area contributed by atoms with Crippen LogP contribution in [-0.2, 0) is 14.4 Å². The monoisotopic (exact) mass is 286 g/mol. The Morgan fingerprint density at radius 3 is 2.40 bits per heavy atom. The Morgan fingerprint density at radius 2 is 1.85 bits per heavy atom. The SMILES string of the molecule is CON(C)C(=O)[C@H]1CCCN(C(=O)OC(C)(C)C)CC1. The zero-order valence-corrected chi connectivity index (χ0v) is 13.1. The molecule has 1 aliphatic heterocycles. The largest absolute Gasteiger partial charge is 0.444 e. The number of hydrogen-bond donors (Lipinski definition) is 0. The molecule has 1 atom stereocenters. The summed E-state index contributed by atoms with van der Waals surface area (Å²) < 4.78 is 5.36. The van der Waals surface area contributed by atoms with Crippen LogP contribution in [0, 0.1) is 5.92 Å². The smallest absolute Gasteiger partial charge is 0.410 e. The van der Waals surface area contributed by atoms with Crippen LogP contribution in [0.3, 0.4) is 0 Å². The van der Waals surface area contributed by atoms with E-state index in [1.54, 1.807) is 11.9 Å². The first-order valence-corrected chi connectivity index (χ1v) is 7.04. The van der Waals surface area contributed by atoms with Crippen molar-refractivity contribution < 1.29 is 19.2 Å². The fraction of sp³-hybridized carbons (Fsp3) is 0.857. The maximum absolute atomic E-state index is 12.1. The van der Waals surface area contributed by atoms with Crippen LogP contribution in [-0.4, -0.2) is 54.8 Å². The van der Waals surface area contributed by atoms with Gasteiger partial charge in [-0.25, -0.2) is 9.86 Å². The minimum atomic E-state index is -0.491. The first-order valence-electron chi connectivity index (χ1n) is 7.04. The quantitative estimate of drug-likeness (QED) is 0.729. The predicted octanol–water partition coefficient (Wildman–Crippen LogP) is 2.04. The van der Waals surface area contributed by atoms with E-state index in [9.17, 15) is 9.59 Å². The molecule has 6 nitrogen and oxygen atoms in total. The van der Waals surface area contributed by atoms with Crippen molar-refractivity contribution in [3.05, 3.63) is 0 Å². The minimum Gasteiger partial charge on any atom is -0.444 e. The molecule has 1 fully saturated rings. The fourth-order valence-electron chi connectivity index (χ4n) is 2.20. The number of nitrogens with zero attached hydrogens (tertiary/aromatic N) is 2. The van der Waals surface area contributed by atoms with Crippen LogP contribution in [0.4, 0.5) is 4.79 Å².